The van der Waals surface area contributed by atoms with Gasteiger partial charge in [0, 0.05) is 6.20 Å². The fraction of sp³-hybridized carbons (Fsp3) is 0.125. The molecule has 0 radical (unpaired) electrons. The highest BCUT2D eigenvalue weighted by molar-refractivity contribution is 5.95. The van der Waals surface area contributed by atoms with E-state index in [0.29, 0.717) is 0 Å². The average Bonchev–Trinajstić information content (AvgIpc) is 2.14. The fourth-order valence-electron chi connectivity index (χ4n) is 0.805. The van der Waals surface area contributed by atoms with E-state index in [1.807, 2.05) is 0 Å². The zero-order chi connectivity index (χ0) is 10.6. The van der Waals surface area contributed by atoms with Crippen LogP contribution in [0.1, 0.15) is 10.4 Å². The number of carbonyl (C=O) groups excluding carboxylic acids is 2. The maximum absolute atomic E-state index is 12.6. The Balaban J connectivity index is 2.65. The standard InChI is InChI=1S/C8H8FN3O2/c9-6-1-5(2-11-3-6)8(14)12-4-7(10)13/h1-3H,4H2,(H2,10,13)(H,12,14). The number of primary amides is 1. The molecule has 0 spiro atoms. The maximum atomic E-state index is 12.6. The molecule has 6 heteroatoms. The number of rotatable bonds is 3. The van der Waals surface area contributed by atoms with Crippen molar-refractivity contribution in [2.24, 2.45) is 5.73 Å². The molecule has 1 aromatic heterocycles. The predicted octanol–water partition coefficient (Wildman–Crippen LogP) is -0.564. The lowest BCUT2D eigenvalue weighted by molar-refractivity contribution is -0.117. The summed E-state index contributed by atoms with van der Waals surface area (Å²) in [6.45, 7) is -0.282. The van der Waals surface area contributed by atoms with Crippen LogP contribution in [0.2, 0.25) is 0 Å². The number of halogens is 1. The molecule has 0 saturated carbocycles. The van der Waals surface area contributed by atoms with Gasteiger partial charge in [0.15, 0.2) is 0 Å². The minimum Gasteiger partial charge on any atom is -0.368 e. The van der Waals surface area contributed by atoms with Gasteiger partial charge in [-0.25, -0.2) is 4.39 Å². The Bertz CT molecular complexity index is 367. The first-order chi connectivity index (χ1) is 6.59. The van der Waals surface area contributed by atoms with Gasteiger partial charge >= 0.3 is 0 Å². The smallest absolute Gasteiger partial charge is 0.253 e. The monoisotopic (exact) mass is 197 g/mol. The van der Waals surface area contributed by atoms with Gasteiger partial charge in [0.05, 0.1) is 18.3 Å². The molecule has 0 unspecified atom stereocenters. The van der Waals surface area contributed by atoms with Gasteiger partial charge in [0.1, 0.15) is 5.82 Å². The highest BCUT2D eigenvalue weighted by Crippen LogP contribution is 1.99. The molecule has 1 aromatic rings. The molecule has 0 aliphatic carbocycles. The predicted molar refractivity (Wildman–Crippen MR) is 45.7 cm³/mol. The third-order valence-electron chi connectivity index (χ3n) is 1.39. The first kappa shape index (κ1) is 10.1. The van der Waals surface area contributed by atoms with Crippen LogP contribution < -0.4 is 11.1 Å². The molecule has 0 fully saturated rings. The summed E-state index contributed by atoms with van der Waals surface area (Å²) in [6.07, 6.45) is 2.17. The second-order valence-corrected chi connectivity index (χ2v) is 2.54. The van der Waals surface area contributed by atoms with Gasteiger partial charge in [0.2, 0.25) is 5.91 Å². The number of aromatic nitrogens is 1. The third kappa shape index (κ3) is 2.81. The van der Waals surface area contributed by atoms with E-state index in [-0.39, 0.29) is 12.1 Å². The third-order valence-corrected chi connectivity index (χ3v) is 1.39. The SMILES string of the molecule is NC(=O)CNC(=O)c1cncc(F)c1. The number of pyridine rings is 1. The second-order valence-electron chi connectivity index (χ2n) is 2.54. The summed E-state index contributed by atoms with van der Waals surface area (Å²) in [5.41, 5.74) is 4.85. The quantitative estimate of drug-likeness (QED) is 0.680. The van der Waals surface area contributed by atoms with Crippen LogP contribution in [0.15, 0.2) is 18.5 Å². The van der Waals surface area contributed by atoms with Crippen LogP contribution >= 0.6 is 0 Å². The van der Waals surface area contributed by atoms with E-state index in [1.54, 1.807) is 0 Å². The van der Waals surface area contributed by atoms with Gasteiger partial charge in [-0.3, -0.25) is 14.6 Å². The van der Waals surface area contributed by atoms with Gasteiger partial charge in [-0.2, -0.15) is 0 Å². The number of amides is 2. The van der Waals surface area contributed by atoms with Crippen molar-refractivity contribution in [2.45, 2.75) is 0 Å². The van der Waals surface area contributed by atoms with E-state index >= 15 is 0 Å². The minimum atomic E-state index is -0.664. The van der Waals surface area contributed by atoms with Crippen LogP contribution in [0.5, 0.6) is 0 Å². The number of nitrogens with two attached hydrogens (primary N) is 1. The van der Waals surface area contributed by atoms with Crippen molar-refractivity contribution in [3.8, 4) is 0 Å². The highest BCUT2D eigenvalue weighted by Gasteiger charge is 2.07. The van der Waals surface area contributed by atoms with Gasteiger partial charge in [-0.15, -0.1) is 0 Å². The fourth-order valence-corrected chi connectivity index (χ4v) is 0.805. The first-order valence-corrected chi connectivity index (χ1v) is 3.76. The van der Waals surface area contributed by atoms with Crippen LogP contribution in [-0.4, -0.2) is 23.3 Å². The van der Waals surface area contributed by atoms with Crippen molar-refractivity contribution in [1.29, 1.82) is 0 Å². The Morgan fingerprint density at radius 2 is 2.21 bits per heavy atom. The first-order valence-electron chi connectivity index (χ1n) is 3.76. The van der Waals surface area contributed by atoms with Gasteiger partial charge in [-0.05, 0) is 6.07 Å². The molecule has 1 rings (SSSR count). The second kappa shape index (κ2) is 4.31. The molecular formula is C8H8FN3O2. The number of carbonyl (C=O) groups is 2. The summed E-state index contributed by atoms with van der Waals surface area (Å²) in [5.74, 6) is -1.87. The zero-order valence-corrected chi connectivity index (χ0v) is 7.16. The van der Waals surface area contributed by atoms with Crippen molar-refractivity contribution >= 4 is 11.8 Å². The van der Waals surface area contributed by atoms with Crippen LogP contribution in [0.4, 0.5) is 4.39 Å². The van der Waals surface area contributed by atoms with Crippen LogP contribution in [0.25, 0.3) is 0 Å². The summed E-state index contributed by atoms with van der Waals surface area (Å²) < 4.78 is 12.6. The molecule has 2 amide bonds. The molecular weight excluding hydrogens is 189 g/mol. The Morgan fingerprint density at radius 3 is 2.79 bits per heavy atom. The van der Waals surface area contributed by atoms with Crippen molar-refractivity contribution in [3.63, 3.8) is 0 Å². The van der Waals surface area contributed by atoms with E-state index in [0.717, 1.165) is 12.3 Å². The number of hydrogen-bond acceptors (Lipinski definition) is 3. The van der Waals surface area contributed by atoms with Crippen LogP contribution in [-0.2, 0) is 4.79 Å². The Morgan fingerprint density at radius 1 is 1.50 bits per heavy atom. The molecule has 5 nitrogen and oxygen atoms in total. The molecule has 0 saturated heterocycles. The summed E-state index contributed by atoms with van der Waals surface area (Å²) in [7, 11) is 0. The molecule has 3 N–H and O–H groups in total. The Labute approximate surface area is 79.1 Å². The molecule has 0 aromatic carbocycles. The van der Waals surface area contributed by atoms with Gasteiger partial charge in [0.25, 0.3) is 5.91 Å². The van der Waals surface area contributed by atoms with Crippen LogP contribution in [0.3, 0.4) is 0 Å². The molecule has 1 heterocycles. The lowest BCUT2D eigenvalue weighted by Gasteiger charge is -2.01. The lowest BCUT2D eigenvalue weighted by atomic mass is 10.2. The number of nitrogens with zero attached hydrogens (tertiary/aromatic N) is 1. The van der Waals surface area contributed by atoms with Crippen LogP contribution in [0, 0.1) is 5.82 Å². The Kier molecular flexibility index (Phi) is 3.11. The van der Waals surface area contributed by atoms with Crippen molar-refractivity contribution in [2.75, 3.05) is 6.54 Å². The van der Waals surface area contributed by atoms with Crippen molar-refractivity contribution in [1.82, 2.24) is 10.3 Å². The maximum Gasteiger partial charge on any atom is 0.253 e. The number of nitrogens with one attached hydrogen (secondary N) is 1. The topological polar surface area (TPSA) is 85.1 Å². The van der Waals surface area contributed by atoms with Gasteiger partial charge < -0.3 is 11.1 Å². The van der Waals surface area contributed by atoms with Crippen molar-refractivity contribution < 1.29 is 14.0 Å². The molecule has 0 aliphatic rings. The average molecular weight is 197 g/mol. The number of hydrogen-bond donors (Lipinski definition) is 2. The highest BCUT2D eigenvalue weighted by atomic mass is 19.1. The van der Waals surface area contributed by atoms with E-state index < -0.39 is 17.6 Å². The van der Waals surface area contributed by atoms with E-state index in [1.165, 1.54) is 6.20 Å². The molecule has 0 aliphatic heterocycles. The Hall–Kier alpha value is -1.98. The summed E-state index contributed by atoms with van der Waals surface area (Å²) in [4.78, 5) is 25.0. The van der Waals surface area contributed by atoms with E-state index in [2.05, 4.69) is 10.3 Å². The summed E-state index contributed by atoms with van der Waals surface area (Å²) in [5, 5.41) is 2.21. The largest absolute Gasteiger partial charge is 0.368 e. The van der Waals surface area contributed by atoms with E-state index in [4.69, 9.17) is 5.73 Å². The molecule has 0 atom stereocenters. The summed E-state index contributed by atoms with van der Waals surface area (Å²) in [6, 6.07) is 1.02. The molecule has 14 heavy (non-hydrogen) atoms. The van der Waals surface area contributed by atoms with Crippen molar-refractivity contribution in [3.05, 3.63) is 29.8 Å². The molecule has 0 bridgehead atoms. The van der Waals surface area contributed by atoms with E-state index in [9.17, 15) is 14.0 Å². The van der Waals surface area contributed by atoms with Gasteiger partial charge in [-0.1, -0.05) is 0 Å². The minimum absolute atomic E-state index is 0.0475. The lowest BCUT2D eigenvalue weighted by Crippen LogP contribution is -2.33. The zero-order valence-electron chi connectivity index (χ0n) is 7.16. The summed E-state index contributed by atoms with van der Waals surface area (Å²) >= 11 is 0. The normalized spacial score (nSPS) is 9.50. The molecule has 74 valence electrons.